The zero-order valence-electron chi connectivity index (χ0n) is 13.7. The lowest BCUT2D eigenvalue weighted by Crippen LogP contribution is -2.31. The molecule has 0 spiro atoms. The van der Waals surface area contributed by atoms with Crippen molar-refractivity contribution in [2.45, 2.75) is 32.6 Å². The van der Waals surface area contributed by atoms with Crippen LogP contribution in [0.15, 0.2) is 29.1 Å². The molecule has 1 amide bonds. The predicted octanol–water partition coefficient (Wildman–Crippen LogP) is 4.07. The molecule has 1 fully saturated rings. The number of carbonyl (C=O) groups excluding carboxylic acids is 1. The molecule has 24 heavy (non-hydrogen) atoms. The van der Waals surface area contributed by atoms with Crippen LogP contribution < -0.4 is 5.56 Å². The quantitative estimate of drug-likeness (QED) is 0.726. The molecule has 5 heteroatoms. The van der Waals surface area contributed by atoms with Crippen molar-refractivity contribution >= 4 is 38.2 Å². The fraction of sp³-hybridized carbons (Fsp3) is 0.368. The number of hydrogen-bond acceptors (Lipinski definition) is 3. The molecular formula is C19H20N2O2S. The fourth-order valence-corrected chi connectivity index (χ4v) is 4.59. The van der Waals surface area contributed by atoms with Crippen LogP contribution in [-0.2, 0) is 0 Å². The average Bonchev–Trinajstić information content (AvgIpc) is 2.85. The lowest BCUT2D eigenvalue weighted by atomic mass is 10.1. The van der Waals surface area contributed by atoms with Crippen LogP contribution in [0.3, 0.4) is 0 Å². The lowest BCUT2D eigenvalue weighted by molar-refractivity contribution is 0.0766. The van der Waals surface area contributed by atoms with Gasteiger partial charge in [0, 0.05) is 28.7 Å². The van der Waals surface area contributed by atoms with Crippen LogP contribution >= 0.6 is 11.3 Å². The van der Waals surface area contributed by atoms with Crippen molar-refractivity contribution in [3.8, 4) is 0 Å². The summed E-state index contributed by atoms with van der Waals surface area (Å²) in [5, 5.41) is 1.64. The second-order valence-corrected chi connectivity index (χ2v) is 7.62. The Hall–Kier alpha value is -2.14. The average molecular weight is 340 g/mol. The van der Waals surface area contributed by atoms with Crippen LogP contribution in [0.5, 0.6) is 0 Å². The molecule has 124 valence electrons. The van der Waals surface area contributed by atoms with Crippen molar-refractivity contribution in [2.75, 3.05) is 13.1 Å². The molecular weight excluding hydrogens is 320 g/mol. The van der Waals surface area contributed by atoms with Gasteiger partial charge in [-0.25, -0.2) is 0 Å². The van der Waals surface area contributed by atoms with Crippen LogP contribution in [0, 0.1) is 6.92 Å². The molecule has 0 aliphatic carbocycles. The van der Waals surface area contributed by atoms with Gasteiger partial charge in [0.1, 0.15) is 0 Å². The highest BCUT2D eigenvalue weighted by atomic mass is 32.1. The van der Waals surface area contributed by atoms with E-state index in [1.807, 2.05) is 24.0 Å². The number of aryl methyl sites for hydroxylation is 1. The predicted molar refractivity (Wildman–Crippen MR) is 99.1 cm³/mol. The first-order valence-corrected chi connectivity index (χ1v) is 9.30. The Labute approximate surface area is 144 Å². The number of carbonyl (C=O) groups is 1. The monoisotopic (exact) mass is 340 g/mol. The van der Waals surface area contributed by atoms with Gasteiger partial charge in [-0.15, -0.1) is 11.3 Å². The van der Waals surface area contributed by atoms with Gasteiger partial charge < -0.3 is 9.88 Å². The van der Waals surface area contributed by atoms with Crippen LogP contribution in [0.2, 0.25) is 0 Å². The number of likely N-dealkylation sites (tertiary alicyclic amines) is 1. The number of benzene rings is 1. The number of amides is 1. The first-order valence-electron chi connectivity index (χ1n) is 8.49. The van der Waals surface area contributed by atoms with E-state index in [0.717, 1.165) is 47.1 Å². The van der Waals surface area contributed by atoms with Gasteiger partial charge in [-0.1, -0.05) is 24.5 Å². The highest BCUT2D eigenvalue weighted by Gasteiger charge is 2.21. The SMILES string of the molecule is Cc1ccc2[nH]c(=O)c3cc(C(=O)N4CCCCCC4)sc3c2c1. The van der Waals surface area contributed by atoms with Crippen LogP contribution in [0.1, 0.15) is 40.9 Å². The van der Waals surface area contributed by atoms with Gasteiger partial charge in [0.2, 0.25) is 0 Å². The van der Waals surface area contributed by atoms with Gasteiger partial charge in [0.15, 0.2) is 0 Å². The number of nitrogens with one attached hydrogen (secondary N) is 1. The summed E-state index contributed by atoms with van der Waals surface area (Å²) in [4.78, 5) is 30.8. The number of aromatic nitrogens is 1. The van der Waals surface area contributed by atoms with Crippen LogP contribution in [0.25, 0.3) is 21.0 Å². The summed E-state index contributed by atoms with van der Waals surface area (Å²) < 4.78 is 0.913. The third-order valence-electron chi connectivity index (χ3n) is 4.75. The van der Waals surface area contributed by atoms with Gasteiger partial charge in [-0.3, -0.25) is 9.59 Å². The van der Waals surface area contributed by atoms with E-state index in [9.17, 15) is 9.59 Å². The molecule has 0 bridgehead atoms. The summed E-state index contributed by atoms with van der Waals surface area (Å²) in [6.07, 6.45) is 4.53. The third-order valence-corrected chi connectivity index (χ3v) is 5.90. The van der Waals surface area contributed by atoms with Crippen molar-refractivity contribution in [1.29, 1.82) is 0 Å². The highest BCUT2D eigenvalue weighted by Crippen LogP contribution is 2.31. The van der Waals surface area contributed by atoms with Gasteiger partial charge in [-0.05, 0) is 38.0 Å². The smallest absolute Gasteiger partial charge is 0.263 e. The van der Waals surface area contributed by atoms with E-state index in [0.29, 0.717) is 10.3 Å². The van der Waals surface area contributed by atoms with E-state index in [1.54, 1.807) is 6.07 Å². The zero-order chi connectivity index (χ0) is 16.7. The molecule has 0 unspecified atom stereocenters. The minimum Gasteiger partial charge on any atom is -0.338 e. The molecule has 3 aromatic rings. The summed E-state index contributed by atoms with van der Waals surface area (Å²) in [5.41, 5.74) is 1.85. The van der Waals surface area contributed by atoms with Crippen molar-refractivity contribution in [2.24, 2.45) is 0 Å². The molecule has 0 saturated carbocycles. The normalized spacial score (nSPS) is 15.8. The lowest BCUT2D eigenvalue weighted by Gasteiger charge is -2.19. The van der Waals surface area contributed by atoms with Gasteiger partial charge >= 0.3 is 0 Å². The minimum atomic E-state index is -0.118. The molecule has 0 radical (unpaired) electrons. The molecule has 1 N–H and O–H groups in total. The Morgan fingerprint density at radius 1 is 1.08 bits per heavy atom. The van der Waals surface area contributed by atoms with E-state index in [-0.39, 0.29) is 11.5 Å². The maximum absolute atomic E-state index is 12.9. The van der Waals surface area contributed by atoms with Crippen molar-refractivity contribution in [3.05, 3.63) is 45.1 Å². The maximum atomic E-state index is 12.9. The highest BCUT2D eigenvalue weighted by molar-refractivity contribution is 7.21. The molecule has 3 heterocycles. The summed E-state index contributed by atoms with van der Waals surface area (Å²) in [7, 11) is 0. The van der Waals surface area contributed by atoms with Gasteiger partial charge in [0.25, 0.3) is 11.5 Å². The number of hydrogen-bond donors (Lipinski definition) is 1. The summed E-state index contributed by atoms with van der Waals surface area (Å²) >= 11 is 1.45. The Kier molecular flexibility index (Phi) is 3.88. The summed E-state index contributed by atoms with van der Waals surface area (Å²) in [5.74, 6) is 0.0679. The van der Waals surface area contributed by atoms with E-state index in [2.05, 4.69) is 11.1 Å². The third kappa shape index (κ3) is 2.63. The largest absolute Gasteiger partial charge is 0.338 e. The molecule has 1 aliphatic rings. The second kappa shape index (κ2) is 6.06. The number of thiophene rings is 1. The molecule has 0 atom stereocenters. The van der Waals surface area contributed by atoms with Crippen molar-refractivity contribution in [3.63, 3.8) is 0 Å². The Bertz CT molecular complexity index is 978. The number of rotatable bonds is 1. The Morgan fingerprint density at radius 3 is 2.58 bits per heavy atom. The van der Waals surface area contributed by atoms with Crippen molar-refractivity contribution in [1.82, 2.24) is 9.88 Å². The number of pyridine rings is 1. The van der Waals surface area contributed by atoms with E-state index >= 15 is 0 Å². The molecule has 1 aromatic carbocycles. The number of fused-ring (bicyclic) bond motifs is 3. The van der Waals surface area contributed by atoms with E-state index in [4.69, 9.17) is 0 Å². The van der Waals surface area contributed by atoms with Crippen LogP contribution in [-0.4, -0.2) is 28.9 Å². The van der Waals surface area contributed by atoms with E-state index in [1.165, 1.54) is 24.2 Å². The minimum absolute atomic E-state index is 0.0679. The fourth-order valence-electron chi connectivity index (χ4n) is 3.44. The standard InChI is InChI=1S/C19H20N2O2S/c1-12-6-7-15-13(10-12)17-14(18(22)20-15)11-16(24-17)19(23)21-8-4-2-3-5-9-21/h6-7,10-11H,2-5,8-9H2,1H3,(H,20,22). The maximum Gasteiger partial charge on any atom is 0.263 e. The summed E-state index contributed by atoms with van der Waals surface area (Å²) in [6.45, 7) is 3.68. The molecule has 1 saturated heterocycles. The number of nitrogens with zero attached hydrogens (tertiary/aromatic N) is 1. The number of aromatic amines is 1. The topological polar surface area (TPSA) is 53.2 Å². The Balaban J connectivity index is 1.84. The van der Waals surface area contributed by atoms with Gasteiger partial charge in [-0.2, -0.15) is 0 Å². The molecule has 1 aliphatic heterocycles. The molecule has 4 nitrogen and oxygen atoms in total. The molecule has 4 rings (SSSR count). The first-order chi connectivity index (χ1) is 11.6. The molecule has 2 aromatic heterocycles. The van der Waals surface area contributed by atoms with E-state index < -0.39 is 0 Å². The number of H-pyrrole nitrogens is 1. The second-order valence-electron chi connectivity index (χ2n) is 6.56. The van der Waals surface area contributed by atoms with Crippen LogP contribution in [0.4, 0.5) is 0 Å². The zero-order valence-corrected chi connectivity index (χ0v) is 14.5. The first kappa shape index (κ1) is 15.4. The van der Waals surface area contributed by atoms with Crippen molar-refractivity contribution < 1.29 is 4.79 Å². The Morgan fingerprint density at radius 2 is 1.83 bits per heavy atom. The summed E-state index contributed by atoms with van der Waals surface area (Å²) in [6, 6.07) is 7.76. The van der Waals surface area contributed by atoms with Gasteiger partial charge in [0.05, 0.1) is 10.3 Å².